The van der Waals surface area contributed by atoms with Crippen molar-refractivity contribution in [2.24, 2.45) is 4.99 Å². The molecule has 5 heteroatoms. The third kappa shape index (κ3) is 4.97. The Morgan fingerprint density at radius 1 is 1.19 bits per heavy atom. The maximum absolute atomic E-state index is 6.23. The van der Waals surface area contributed by atoms with E-state index in [1.807, 2.05) is 42.6 Å². The minimum absolute atomic E-state index is 0.0215. The molecule has 138 valence electrons. The number of para-hydroxylation sites is 1. The zero-order valence-corrected chi connectivity index (χ0v) is 15.5. The van der Waals surface area contributed by atoms with Crippen LogP contribution in [0.5, 0.6) is 5.75 Å². The largest absolute Gasteiger partial charge is 0.490 e. The highest BCUT2D eigenvalue weighted by Crippen LogP contribution is 2.29. The third-order valence-electron chi connectivity index (χ3n) is 4.34. The Bertz CT molecular complexity index is 718. The van der Waals surface area contributed by atoms with Crippen LogP contribution in [0.25, 0.3) is 0 Å². The van der Waals surface area contributed by atoms with Gasteiger partial charge >= 0.3 is 0 Å². The monoisotopic (exact) mass is 353 g/mol. The normalized spacial score (nSPS) is 15.7. The van der Waals surface area contributed by atoms with Crippen molar-refractivity contribution in [1.82, 2.24) is 10.3 Å². The van der Waals surface area contributed by atoms with Crippen molar-refractivity contribution in [2.45, 2.75) is 45.3 Å². The molecule has 0 aliphatic carbocycles. The Morgan fingerprint density at radius 2 is 2.04 bits per heavy atom. The highest BCUT2D eigenvalue weighted by molar-refractivity contribution is 5.75. The predicted octanol–water partition coefficient (Wildman–Crippen LogP) is 3.91. The summed E-state index contributed by atoms with van der Waals surface area (Å²) < 4.78 is 11.8. The molecule has 1 aromatic carbocycles. The Kier molecular flexibility index (Phi) is 6.47. The van der Waals surface area contributed by atoms with Gasteiger partial charge in [0.25, 0.3) is 6.02 Å². The first-order valence-corrected chi connectivity index (χ1v) is 9.35. The molecule has 1 aromatic heterocycles. The van der Waals surface area contributed by atoms with Crippen LogP contribution in [-0.4, -0.2) is 30.3 Å². The molecule has 1 aliphatic rings. The van der Waals surface area contributed by atoms with Gasteiger partial charge in [-0.05, 0) is 31.5 Å². The van der Waals surface area contributed by atoms with E-state index in [1.165, 1.54) is 0 Å². The second-order valence-corrected chi connectivity index (χ2v) is 6.51. The van der Waals surface area contributed by atoms with Gasteiger partial charge in [0.1, 0.15) is 12.4 Å². The van der Waals surface area contributed by atoms with Crippen LogP contribution in [0.15, 0.2) is 53.7 Å². The summed E-state index contributed by atoms with van der Waals surface area (Å²) >= 11 is 0. The lowest BCUT2D eigenvalue weighted by molar-refractivity contribution is 0.206. The van der Waals surface area contributed by atoms with Crippen molar-refractivity contribution in [3.8, 4) is 5.75 Å². The minimum Gasteiger partial charge on any atom is -0.490 e. The second-order valence-electron chi connectivity index (χ2n) is 6.51. The molecule has 26 heavy (non-hydrogen) atoms. The number of aromatic nitrogens is 1. The van der Waals surface area contributed by atoms with E-state index in [0.717, 1.165) is 36.3 Å². The van der Waals surface area contributed by atoms with Gasteiger partial charge in [0.2, 0.25) is 0 Å². The van der Waals surface area contributed by atoms with Crippen molar-refractivity contribution in [2.75, 3.05) is 13.2 Å². The predicted molar refractivity (Wildman–Crippen MR) is 104 cm³/mol. The fourth-order valence-electron chi connectivity index (χ4n) is 3.10. The number of nitrogens with zero attached hydrogens (tertiary/aromatic N) is 2. The van der Waals surface area contributed by atoms with Crippen molar-refractivity contribution >= 4 is 6.02 Å². The highest BCUT2D eigenvalue weighted by atomic mass is 16.5. The molecule has 0 amide bonds. The summed E-state index contributed by atoms with van der Waals surface area (Å²) in [7, 11) is 0. The molecular weight excluding hydrogens is 326 g/mol. The maximum atomic E-state index is 6.23. The zero-order valence-electron chi connectivity index (χ0n) is 15.5. The lowest BCUT2D eigenvalue weighted by Gasteiger charge is -2.24. The standard InChI is InChI=1S/C21H27N3O2/c1-3-8-16(2)26-20-11-5-4-10-18(20)19(24-21-23-13-14-25-21)15-17-9-6-7-12-22-17/h4-7,9-12,16,19H,3,8,13-15H2,1-2H3,(H,23,24). The molecule has 3 rings (SSSR count). The number of hydrogen-bond donors (Lipinski definition) is 1. The van der Waals surface area contributed by atoms with Crippen LogP contribution in [-0.2, 0) is 11.2 Å². The molecule has 2 atom stereocenters. The van der Waals surface area contributed by atoms with Gasteiger partial charge in [0.05, 0.1) is 18.7 Å². The van der Waals surface area contributed by atoms with Gasteiger partial charge in [-0.2, -0.15) is 0 Å². The Labute approximate surface area is 155 Å². The molecule has 0 saturated carbocycles. The van der Waals surface area contributed by atoms with Crippen LogP contribution in [0.2, 0.25) is 0 Å². The van der Waals surface area contributed by atoms with Crippen LogP contribution < -0.4 is 10.1 Å². The van der Waals surface area contributed by atoms with Crippen LogP contribution in [0.4, 0.5) is 0 Å². The van der Waals surface area contributed by atoms with Crippen molar-refractivity contribution in [3.63, 3.8) is 0 Å². The molecule has 1 N–H and O–H groups in total. The average molecular weight is 353 g/mol. The molecule has 2 heterocycles. The van der Waals surface area contributed by atoms with Crippen LogP contribution in [0, 0.1) is 0 Å². The molecular formula is C21H27N3O2. The molecule has 2 unspecified atom stereocenters. The number of amidine groups is 1. The van der Waals surface area contributed by atoms with Crippen molar-refractivity contribution < 1.29 is 9.47 Å². The van der Waals surface area contributed by atoms with Gasteiger partial charge in [-0.15, -0.1) is 0 Å². The quantitative estimate of drug-likeness (QED) is 0.782. The van der Waals surface area contributed by atoms with Crippen LogP contribution in [0.3, 0.4) is 0 Å². The van der Waals surface area contributed by atoms with Gasteiger partial charge in [-0.3, -0.25) is 4.98 Å². The molecule has 5 nitrogen and oxygen atoms in total. The molecule has 2 aromatic rings. The first-order valence-electron chi connectivity index (χ1n) is 9.35. The molecule has 0 spiro atoms. The average Bonchev–Trinajstić information content (AvgIpc) is 3.16. The van der Waals surface area contributed by atoms with Crippen molar-refractivity contribution in [3.05, 3.63) is 59.9 Å². The topological polar surface area (TPSA) is 55.7 Å². The minimum atomic E-state index is -0.0215. The van der Waals surface area contributed by atoms with Crippen molar-refractivity contribution in [1.29, 1.82) is 0 Å². The third-order valence-corrected chi connectivity index (χ3v) is 4.34. The van der Waals surface area contributed by atoms with E-state index in [-0.39, 0.29) is 12.1 Å². The van der Waals surface area contributed by atoms with Gasteiger partial charge in [0.15, 0.2) is 0 Å². The van der Waals surface area contributed by atoms with Gasteiger partial charge in [0, 0.05) is 23.9 Å². The van der Waals surface area contributed by atoms with E-state index < -0.39 is 0 Å². The number of nitrogens with one attached hydrogen (secondary N) is 1. The molecule has 0 saturated heterocycles. The number of rotatable bonds is 8. The van der Waals surface area contributed by atoms with Gasteiger partial charge in [-0.25, -0.2) is 4.99 Å². The molecule has 0 radical (unpaired) electrons. The van der Waals surface area contributed by atoms with Crippen LogP contribution in [0.1, 0.15) is 44.0 Å². The van der Waals surface area contributed by atoms with E-state index in [4.69, 9.17) is 9.47 Å². The van der Waals surface area contributed by atoms with E-state index in [9.17, 15) is 0 Å². The number of ether oxygens (including phenoxy) is 2. The molecule has 1 aliphatic heterocycles. The highest BCUT2D eigenvalue weighted by Gasteiger charge is 2.21. The fourth-order valence-corrected chi connectivity index (χ4v) is 3.10. The summed E-state index contributed by atoms with van der Waals surface area (Å²) in [5.74, 6) is 0.903. The zero-order chi connectivity index (χ0) is 18.2. The molecule has 0 bridgehead atoms. The maximum Gasteiger partial charge on any atom is 0.285 e. The van der Waals surface area contributed by atoms with Gasteiger partial charge in [-0.1, -0.05) is 37.6 Å². The summed E-state index contributed by atoms with van der Waals surface area (Å²) in [4.78, 5) is 8.86. The Hall–Kier alpha value is -2.56. The van der Waals surface area contributed by atoms with Gasteiger partial charge < -0.3 is 14.8 Å². The molecule has 0 fully saturated rings. The van der Waals surface area contributed by atoms with E-state index in [2.05, 4.69) is 35.2 Å². The lowest BCUT2D eigenvalue weighted by Crippen LogP contribution is -2.31. The first kappa shape index (κ1) is 18.2. The second kappa shape index (κ2) is 9.22. The first-order chi connectivity index (χ1) is 12.8. The van der Waals surface area contributed by atoms with E-state index >= 15 is 0 Å². The number of benzene rings is 1. The SMILES string of the molecule is CCCC(C)Oc1ccccc1C(Cc1ccccn1)NC1=NCCO1. The number of aliphatic imine (C=N–C) groups is 1. The Balaban J connectivity index is 1.85. The van der Waals surface area contributed by atoms with E-state index in [0.29, 0.717) is 19.2 Å². The number of pyridine rings is 1. The summed E-state index contributed by atoms with van der Waals surface area (Å²) in [6.07, 6.45) is 4.86. The smallest absolute Gasteiger partial charge is 0.285 e. The summed E-state index contributed by atoms with van der Waals surface area (Å²) in [5.41, 5.74) is 2.11. The lowest BCUT2D eigenvalue weighted by atomic mass is 10.0. The summed E-state index contributed by atoms with van der Waals surface area (Å²) in [5, 5.41) is 3.43. The van der Waals surface area contributed by atoms with E-state index in [1.54, 1.807) is 0 Å². The van der Waals surface area contributed by atoms with Crippen LogP contribution >= 0.6 is 0 Å². The number of hydrogen-bond acceptors (Lipinski definition) is 5. The summed E-state index contributed by atoms with van der Waals surface area (Å²) in [6, 6.07) is 14.7. The fraction of sp³-hybridized carbons (Fsp3) is 0.429. The Morgan fingerprint density at radius 3 is 2.77 bits per heavy atom. The summed E-state index contributed by atoms with van der Waals surface area (Å²) in [6.45, 7) is 5.62.